The lowest BCUT2D eigenvalue weighted by atomic mass is 10.1. The van der Waals surface area contributed by atoms with Gasteiger partial charge in [0.05, 0.1) is 11.4 Å². The Morgan fingerprint density at radius 3 is 2.89 bits per heavy atom. The molecule has 140 valence electrons. The fraction of sp³-hybridized carbons (Fsp3) is 0.211. The smallest absolute Gasteiger partial charge is 0.280 e. The van der Waals surface area contributed by atoms with Crippen LogP contribution in [0.4, 0.5) is 10.1 Å². The maximum Gasteiger partial charge on any atom is 0.280 e. The first kappa shape index (κ1) is 18.4. The van der Waals surface area contributed by atoms with Gasteiger partial charge in [-0.1, -0.05) is 12.1 Å². The first-order valence-electron chi connectivity index (χ1n) is 8.26. The van der Waals surface area contributed by atoms with Crippen molar-refractivity contribution < 1.29 is 23.5 Å². The molecule has 0 fully saturated rings. The standard InChI is InChI=1S/C19H18FN3O4/c1-11(13-7-8-17-15(9-13)21-18(24)10-26-17)22-23-19(25)12(2)27-16-6-4-3-5-14(16)20/h3-9,12H,10H2,1-2H3,(H,21,24)(H,23,25)/b22-11-/t12-/m0/s1. The Labute approximate surface area is 155 Å². The number of halogens is 1. The highest BCUT2D eigenvalue weighted by atomic mass is 19.1. The monoisotopic (exact) mass is 371 g/mol. The third-order valence-corrected chi connectivity index (χ3v) is 3.87. The summed E-state index contributed by atoms with van der Waals surface area (Å²) in [5.41, 5.74) is 4.15. The molecule has 0 radical (unpaired) electrons. The van der Waals surface area contributed by atoms with Gasteiger partial charge in [-0.05, 0) is 49.7 Å². The number of ether oxygens (including phenoxy) is 2. The maximum atomic E-state index is 13.6. The van der Waals surface area contributed by atoms with Crippen LogP contribution in [-0.2, 0) is 9.59 Å². The maximum absolute atomic E-state index is 13.6. The van der Waals surface area contributed by atoms with E-state index in [-0.39, 0.29) is 18.3 Å². The van der Waals surface area contributed by atoms with Crippen LogP contribution in [0.1, 0.15) is 19.4 Å². The van der Waals surface area contributed by atoms with E-state index in [1.165, 1.54) is 25.1 Å². The summed E-state index contributed by atoms with van der Waals surface area (Å²) in [6.07, 6.45) is -0.935. The van der Waals surface area contributed by atoms with Crippen molar-refractivity contribution in [2.75, 3.05) is 11.9 Å². The molecule has 0 spiro atoms. The normalized spacial score (nSPS) is 14.5. The highest BCUT2D eigenvalue weighted by Gasteiger charge is 2.18. The highest BCUT2D eigenvalue weighted by Crippen LogP contribution is 2.28. The average molecular weight is 371 g/mol. The van der Waals surface area contributed by atoms with E-state index in [2.05, 4.69) is 15.8 Å². The van der Waals surface area contributed by atoms with Gasteiger partial charge in [0.2, 0.25) is 0 Å². The van der Waals surface area contributed by atoms with Crippen LogP contribution in [0.2, 0.25) is 0 Å². The van der Waals surface area contributed by atoms with Crippen LogP contribution < -0.4 is 20.2 Å². The molecule has 1 atom stereocenters. The summed E-state index contributed by atoms with van der Waals surface area (Å²) in [5, 5.41) is 6.75. The van der Waals surface area contributed by atoms with Crippen molar-refractivity contribution in [3.05, 3.63) is 53.8 Å². The first-order valence-corrected chi connectivity index (χ1v) is 8.26. The molecule has 0 saturated carbocycles. The molecule has 0 aliphatic carbocycles. The summed E-state index contributed by atoms with van der Waals surface area (Å²) in [5.74, 6) is -0.739. The quantitative estimate of drug-likeness (QED) is 0.624. The predicted molar refractivity (Wildman–Crippen MR) is 97.4 cm³/mol. The molecule has 1 aliphatic heterocycles. The molecule has 7 nitrogen and oxygen atoms in total. The number of hydrazone groups is 1. The lowest BCUT2D eigenvalue weighted by Gasteiger charge is -2.18. The number of amides is 2. The van der Waals surface area contributed by atoms with Crippen LogP contribution in [0, 0.1) is 5.82 Å². The number of rotatable bonds is 5. The van der Waals surface area contributed by atoms with Crippen LogP contribution in [0.5, 0.6) is 11.5 Å². The topological polar surface area (TPSA) is 89.0 Å². The predicted octanol–water partition coefficient (Wildman–Crippen LogP) is 2.46. The van der Waals surface area contributed by atoms with Crippen LogP contribution in [0.15, 0.2) is 47.6 Å². The minimum atomic E-state index is -0.935. The van der Waals surface area contributed by atoms with E-state index in [9.17, 15) is 14.0 Å². The molecule has 8 heteroatoms. The lowest BCUT2D eigenvalue weighted by Crippen LogP contribution is -2.34. The number of hydrogen-bond donors (Lipinski definition) is 2. The lowest BCUT2D eigenvalue weighted by molar-refractivity contribution is -0.127. The first-order chi connectivity index (χ1) is 12.9. The Bertz CT molecular complexity index is 914. The van der Waals surface area contributed by atoms with Crippen LogP contribution >= 0.6 is 0 Å². The van der Waals surface area contributed by atoms with E-state index in [1.807, 2.05) is 0 Å². The largest absolute Gasteiger partial charge is 0.482 e. The van der Waals surface area contributed by atoms with E-state index in [0.717, 1.165) is 0 Å². The van der Waals surface area contributed by atoms with E-state index in [0.29, 0.717) is 22.7 Å². The van der Waals surface area contributed by atoms with Gasteiger partial charge in [0, 0.05) is 0 Å². The van der Waals surface area contributed by atoms with Gasteiger partial charge >= 0.3 is 0 Å². The van der Waals surface area contributed by atoms with Crippen molar-refractivity contribution in [1.29, 1.82) is 0 Å². The van der Waals surface area contributed by atoms with Gasteiger partial charge in [-0.15, -0.1) is 0 Å². The molecule has 2 aromatic rings. The number of carbonyl (C=O) groups is 2. The summed E-state index contributed by atoms with van der Waals surface area (Å²) >= 11 is 0. The van der Waals surface area contributed by atoms with Gasteiger partial charge in [0.25, 0.3) is 11.8 Å². The molecule has 0 saturated heterocycles. The molecule has 1 aliphatic rings. The Balaban J connectivity index is 1.64. The van der Waals surface area contributed by atoms with Crippen molar-refractivity contribution >= 4 is 23.2 Å². The van der Waals surface area contributed by atoms with Crippen molar-refractivity contribution in [1.82, 2.24) is 5.43 Å². The van der Waals surface area contributed by atoms with Crippen molar-refractivity contribution in [3.8, 4) is 11.5 Å². The fourth-order valence-corrected chi connectivity index (χ4v) is 2.39. The third-order valence-electron chi connectivity index (χ3n) is 3.87. The number of anilines is 1. The van der Waals surface area contributed by atoms with Gasteiger partial charge in [-0.3, -0.25) is 9.59 Å². The Morgan fingerprint density at radius 1 is 1.33 bits per heavy atom. The van der Waals surface area contributed by atoms with Crippen LogP contribution in [0.25, 0.3) is 0 Å². The summed E-state index contributed by atoms with van der Waals surface area (Å²) in [6, 6.07) is 11.0. The SMILES string of the molecule is C/C(=N/NC(=O)[C@H](C)Oc1ccccc1F)c1ccc2c(c1)NC(=O)CO2. The van der Waals surface area contributed by atoms with Crippen molar-refractivity contribution in [2.45, 2.75) is 20.0 Å². The highest BCUT2D eigenvalue weighted by molar-refractivity contribution is 6.02. The number of nitrogens with one attached hydrogen (secondary N) is 2. The molecule has 2 amide bonds. The molecule has 27 heavy (non-hydrogen) atoms. The number of carbonyl (C=O) groups excluding carboxylic acids is 2. The average Bonchev–Trinajstić information content (AvgIpc) is 2.66. The van der Waals surface area contributed by atoms with E-state index < -0.39 is 17.8 Å². The second-order valence-electron chi connectivity index (χ2n) is 5.91. The van der Waals surface area contributed by atoms with Gasteiger partial charge in [-0.2, -0.15) is 5.10 Å². The molecule has 0 unspecified atom stereocenters. The minimum Gasteiger partial charge on any atom is -0.482 e. The fourth-order valence-electron chi connectivity index (χ4n) is 2.39. The number of para-hydroxylation sites is 1. The van der Waals surface area contributed by atoms with Gasteiger partial charge in [0.15, 0.2) is 24.3 Å². The van der Waals surface area contributed by atoms with E-state index in [1.54, 1.807) is 31.2 Å². The summed E-state index contributed by atoms with van der Waals surface area (Å²) in [6.45, 7) is 3.18. The number of benzene rings is 2. The minimum absolute atomic E-state index is 0.00807. The zero-order valence-electron chi connectivity index (χ0n) is 14.8. The number of hydrogen-bond acceptors (Lipinski definition) is 5. The molecule has 0 aromatic heterocycles. The molecular formula is C19H18FN3O4. The zero-order chi connectivity index (χ0) is 19.4. The van der Waals surface area contributed by atoms with Crippen molar-refractivity contribution in [3.63, 3.8) is 0 Å². The van der Waals surface area contributed by atoms with Crippen LogP contribution in [-0.4, -0.2) is 30.2 Å². The zero-order valence-corrected chi connectivity index (χ0v) is 14.8. The second-order valence-corrected chi connectivity index (χ2v) is 5.91. The van der Waals surface area contributed by atoms with Crippen molar-refractivity contribution in [2.24, 2.45) is 5.10 Å². The molecule has 2 aromatic carbocycles. The summed E-state index contributed by atoms with van der Waals surface area (Å²) in [7, 11) is 0. The molecule has 3 rings (SSSR count). The van der Waals surface area contributed by atoms with Crippen LogP contribution in [0.3, 0.4) is 0 Å². The molecule has 2 N–H and O–H groups in total. The van der Waals surface area contributed by atoms with E-state index in [4.69, 9.17) is 9.47 Å². The molecule has 1 heterocycles. The second kappa shape index (κ2) is 7.86. The number of fused-ring (bicyclic) bond motifs is 1. The Morgan fingerprint density at radius 2 is 2.11 bits per heavy atom. The number of nitrogens with zero attached hydrogens (tertiary/aromatic N) is 1. The molecule has 0 bridgehead atoms. The third kappa shape index (κ3) is 4.41. The van der Waals surface area contributed by atoms with Gasteiger partial charge < -0.3 is 14.8 Å². The Hall–Kier alpha value is -3.42. The summed E-state index contributed by atoms with van der Waals surface area (Å²) < 4.78 is 24.2. The van der Waals surface area contributed by atoms with Gasteiger partial charge in [-0.25, -0.2) is 9.82 Å². The summed E-state index contributed by atoms with van der Waals surface area (Å²) in [4.78, 5) is 23.5. The van der Waals surface area contributed by atoms with E-state index >= 15 is 0 Å². The molecular weight excluding hydrogens is 353 g/mol. The van der Waals surface area contributed by atoms with Gasteiger partial charge in [0.1, 0.15) is 5.75 Å². The Kier molecular flexibility index (Phi) is 5.35.